The number of likely N-dealkylation sites (tertiary alicyclic amines) is 1. The molecule has 2 N–H and O–H groups in total. The van der Waals surface area contributed by atoms with Crippen LogP contribution in [-0.2, 0) is 13.1 Å². The van der Waals surface area contributed by atoms with Crippen molar-refractivity contribution in [2.24, 2.45) is 10.7 Å². The average Bonchev–Trinajstić information content (AvgIpc) is 2.46. The van der Waals surface area contributed by atoms with Gasteiger partial charge < -0.3 is 15.5 Å². The van der Waals surface area contributed by atoms with Crippen molar-refractivity contribution in [2.45, 2.75) is 32.4 Å². The smallest absolute Gasteiger partial charge is 0.191 e. The zero-order valence-electron chi connectivity index (χ0n) is 12.7. The maximum absolute atomic E-state index is 6.06. The van der Waals surface area contributed by atoms with E-state index in [0.29, 0.717) is 12.5 Å². The highest BCUT2D eigenvalue weighted by molar-refractivity contribution is 5.78. The van der Waals surface area contributed by atoms with E-state index in [4.69, 9.17) is 5.73 Å². The quantitative estimate of drug-likeness (QED) is 0.675. The number of guanidine groups is 1. The lowest BCUT2D eigenvalue weighted by Crippen LogP contribution is -2.40. The molecule has 110 valence electrons. The number of rotatable bonds is 4. The molecule has 0 amide bonds. The summed E-state index contributed by atoms with van der Waals surface area (Å²) in [6.45, 7) is 3.75. The van der Waals surface area contributed by atoms with Crippen LogP contribution in [0.2, 0.25) is 0 Å². The Hall–Kier alpha value is -1.55. The third-order valence-electron chi connectivity index (χ3n) is 3.63. The molecule has 0 saturated carbocycles. The summed E-state index contributed by atoms with van der Waals surface area (Å²) in [4.78, 5) is 8.89. The first-order valence-corrected chi connectivity index (χ1v) is 7.42. The summed E-state index contributed by atoms with van der Waals surface area (Å²) in [5.74, 6) is 0.696. The summed E-state index contributed by atoms with van der Waals surface area (Å²) in [5, 5.41) is 0. The molecule has 4 nitrogen and oxygen atoms in total. The molecule has 1 aliphatic heterocycles. The van der Waals surface area contributed by atoms with Crippen molar-refractivity contribution in [3.8, 4) is 0 Å². The number of benzene rings is 1. The molecule has 1 aromatic rings. The fourth-order valence-electron chi connectivity index (χ4n) is 2.51. The number of aliphatic imine (C=N–C) groups is 1. The predicted octanol–water partition coefficient (Wildman–Crippen LogP) is 2.05. The van der Waals surface area contributed by atoms with Crippen molar-refractivity contribution in [1.29, 1.82) is 0 Å². The molecule has 20 heavy (non-hydrogen) atoms. The highest BCUT2D eigenvalue weighted by Gasteiger charge is 2.11. The maximum atomic E-state index is 6.06. The SMILES string of the molecule is CN(C)Cc1ccc(CN=C(N)N2CCCCC2)cc1. The van der Waals surface area contributed by atoms with E-state index in [0.717, 1.165) is 19.6 Å². The second-order valence-corrected chi connectivity index (χ2v) is 5.78. The van der Waals surface area contributed by atoms with Gasteiger partial charge >= 0.3 is 0 Å². The van der Waals surface area contributed by atoms with Gasteiger partial charge in [-0.3, -0.25) is 0 Å². The molecule has 0 radical (unpaired) electrons. The molecular formula is C16H26N4. The van der Waals surface area contributed by atoms with E-state index < -0.39 is 0 Å². The van der Waals surface area contributed by atoms with E-state index in [9.17, 15) is 0 Å². The Kier molecular flexibility index (Phi) is 5.41. The van der Waals surface area contributed by atoms with Gasteiger partial charge in [0.2, 0.25) is 0 Å². The van der Waals surface area contributed by atoms with E-state index in [-0.39, 0.29) is 0 Å². The Balaban J connectivity index is 1.89. The van der Waals surface area contributed by atoms with Crippen molar-refractivity contribution in [3.63, 3.8) is 0 Å². The first-order chi connectivity index (χ1) is 9.65. The molecule has 0 spiro atoms. The largest absolute Gasteiger partial charge is 0.370 e. The molecule has 4 heteroatoms. The van der Waals surface area contributed by atoms with Crippen LogP contribution < -0.4 is 5.73 Å². The van der Waals surface area contributed by atoms with Crippen molar-refractivity contribution in [1.82, 2.24) is 9.80 Å². The Labute approximate surface area is 122 Å². The van der Waals surface area contributed by atoms with Gasteiger partial charge in [0.15, 0.2) is 5.96 Å². The zero-order valence-corrected chi connectivity index (χ0v) is 12.7. The highest BCUT2D eigenvalue weighted by atomic mass is 15.2. The molecule has 2 rings (SSSR count). The van der Waals surface area contributed by atoms with Crippen LogP contribution in [-0.4, -0.2) is 42.9 Å². The third kappa shape index (κ3) is 4.53. The van der Waals surface area contributed by atoms with Crippen LogP contribution in [0.15, 0.2) is 29.3 Å². The van der Waals surface area contributed by atoms with Gasteiger partial charge in [-0.2, -0.15) is 0 Å². The summed E-state index contributed by atoms with van der Waals surface area (Å²) in [7, 11) is 4.16. The number of hydrogen-bond acceptors (Lipinski definition) is 2. The van der Waals surface area contributed by atoms with Crippen LogP contribution in [0.5, 0.6) is 0 Å². The summed E-state index contributed by atoms with van der Waals surface area (Å²) in [6, 6.07) is 8.63. The normalized spacial score (nSPS) is 16.8. The van der Waals surface area contributed by atoms with Crippen LogP contribution >= 0.6 is 0 Å². The molecule has 1 heterocycles. The van der Waals surface area contributed by atoms with E-state index in [1.165, 1.54) is 30.4 Å². The Morgan fingerprint density at radius 1 is 1.10 bits per heavy atom. The van der Waals surface area contributed by atoms with Crippen LogP contribution in [0, 0.1) is 0 Å². The number of nitrogens with zero attached hydrogens (tertiary/aromatic N) is 3. The molecule has 0 unspecified atom stereocenters. The average molecular weight is 274 g/mol. The maximum Gasteiger partial charge on any atom is 0.191 e. The van der Waals surface area contributed by atoms with Crippen molar-refractivity contribution < 1.29 is 0 Å². The molecule has 1 fully saturated rings. The van der Waals surface area contributed by atoms with Crippen molar-refractivity contribution in [2.75, 3.05) is 27.2 Å². The van der Waals surface area contributed by atoms with Gasteiger partial charge in [0.25, 0.3) is 0 Å². The van der Waals surface area contributed by atoms with Crippen molar-refractivity contribution in [3.05, 3.63) is 35.4 Å². The Morgan fingerprint density at radius 3 is 2.30 bits per heavy atom. The number of hydrogen-bond donors (Lipinski definition) is 1. The fourth-order valence-corrected chi connectivity index (χ4v) is 2.51. The fraction of sp³-hybridized carbons (Fsp3) is 0.562. The van der Waals surface area contributed by atoms with Gasteiger partial charge in [0.05, 0.1) is 6.54 Å². The van der Waals surface area contributed by atoms with Gasteiger partial charge in [0.1, 0.15) is 0 Å². The van der Waals surface area contributed by atoms with Crippen LogP contribution in [0.1, 0.15) is 30.4 Å². The molecule has 0 aromatic heterocycles. The Morgan fingerprint density at radius 2 is 1.70 bits per heavy atom. The van der Waals surface area contributed by atoms with Gasteiger partial charge in [0, 0.05) is 19.6 Å². The molecule has 0 bridgehead atoms. The second-order valence-electron chi connectivity index (χ2n) is 5.78. The Bertz CT molecular complexity index is 430. The first kappa shape index (κ1) is 14.9. The van der Waals surface area contributed by atoms with Gasteiger partial charge in [-0.15, -0.1) is 0 Å². The van der Waals surface area contributed by atoms with E-state index in [1.54, 1.807) is 0 Å². The standard InChI is InChI=1S/C16H26N4/c1-19(2)13-15-8-6-14(7-9-15)12-18-16(17)20-10-4-3-5-11-20/h6-9H,3-5,10-13H2,1-2H3,(H2,17,18). The van der Waals surface area contributed by atoms with Crippen LogP contribution in [0.4, 0.5) is 0 Å². The van der Waals surface area contributed by atoms with E-state index >= 15 is 0 Å². The number of piperidine rings is 1. The molecule has 1 aliphatic rings. The minimum absolute atomic E-state index is 0.671. The lowest BCUT2D eigenvalue weighted by molar-refractivity contribution is 0.338. The third-order valence-corrected chi connectivity index (χ3v) is 3.63. The molecule has 0 aliphatic carbocycles. The monoisotopic (exact) mass is 274 g/mol. The summed E-state index contributed by atoms with van der Waals surface area (Å²) < 4.78 is 0. The lowest BCUT2D eigenvalue weighted by Gasteiger charge is -2.27. The second kappa shape index (κ2) is 7.29. The molecule has 1 saturated heterocycles. The highest BCUT2D eigenvalue weighted by Crippen LogP contribution is 2.10. The summed E-state index contributed by atoms with van der Waals surface area (Å²) >= 11 is 0. The van der Waals surface area contributed by atoms with Gasteiger partial charge in [-0.05, 0) is 44.5 Å². The first-order valence-electron chi connectivity index (χ1n) is 7.42. The molecule has 0 atom stereocenters. The topological polar surface area (TPSA) is 44.9 Å². The lowest BCUT2D eigenvalue weighted by atomic mass is 10.1. The van der Waals surface area contributed by atoms with Crippen molar-refractivity contribution >= 4 is 5.96 Å². The van der Waals surface area contributed by atoms with Crippen LogP contribution in [0.25, 0.3) is 0 Å². The zero-order chi connectivity index (χ0) is 14.4. The molecular weight excluding hydrogens is 248 g/mol. The minimum atomic E-state index is 0.671. The summed E-state index contributed by atoms with van der Waals surface area (Å²) in [6.07, 6.45) is 3.78. The number of nitrogens with two attached hydrogens (primary N) is 1. The van der Waals surface area contributed by atoms with Gasteiger partial charge in [-0.25, -0.2) is 4.99 Å². The molecule has 1 aromatic carbocycles. The predicted molar refractivity (Wildman–Crippen MR) is 84.6 cm³/mol. The van der Waals surface area contributed by atoms with E-state index in [2.05, 4.69) is 53.2 Å². The minimum Gasteiger partial charge on any atom is -0.370 e. The van der Waals surface area contributed by atoms with Crippen LogP contribution in [0.3, 0.4) is 0 Å². The summed E-state index contributed by atoms with van der Waals surface area (Å²) in [5.41, 5.74) is 8.60. The van der Waals surface area contributed by atoms with E-state index in [1.807, 2.05) is 0 Å². The van der Waals surface area contributed by atoms with Gasteiger partial charge in [-0.1, -0.05) is 24.3 Å².